The minimum absolute atomic E-state index is 0.0762. The molecular weight excluding hydrogens is 304 g/mol. The largest absolute Gasteiger partial charge is 0.495 e. The fraction of sp³-hybridized carbons (Fsp3) is 0.500. The Morgan fingerprint density at radius 3 is 2.71 bits per heavy atom. The van der Waals surface area contributed by atoms with Gasteiger partial charge in [-0.1, -0.05) is 6.07 Å². The Morgan fingerprint density at radius 1 is 1.38 bits per heavy atom. The molecule has 1 aromatic rings. The third-order valence-corrected chi connectivity index (χ3v) is 3.84. The Morgan fingerprint density at radius 2 is 2.12 bits per heavy atom. The summed E-state index contributed by atoms with van der Waals surface area (Å²) in [6.07, 6.45) is 7.53. The van der Waals surface area contributed by atoms with E-state index in [1.807, 2.05) is 32.3 Å². The number of nitrogens with zero attached hydrogens (tertiary/aromatic N) is 3. The average molecular weight is 328 g/mol. The molecule has 0 radical (unpaired) electrons. The molecule has 24 heavy (non-hydrogen) atoms. The van der Waals surface area contributed by atoms with Crippen molar-refractivity contribution in [2.75, 3.05) is 26.5 Å². The van der Waals surface area contributed by atoms with E-state index in [1.54, 1.807) is 7.11 Å². The normalized spacial score (nSPS) is 14.3. The van der Waals surface area contributed by atoms with Crippen LogP contribution in [0.15, 0.2) is 28.4 Å². The van der Waals surface area contributed by atoms with E-state index in [2.05, 4.69) is 26.4 Å². The minimum Gasteiger partial charge on any atom is -0.495 e. The van der Waals surface area contributed by atoms with Crippen molar-refractivity contribution in [1.82, 2.24) is 4.90 Å². The van der Waals surface area contributed by atoms with Crippen LogP contribution in [-0.2, 0) is 11.3 Å². The molecule has 1 aliphatic heterocycles. The van der Waals surface area contributed by atoms with Gasteiger partial charge in [0.15, 0.2) is 5.66 Å². The van der Waals surface area contributed by atoms with Crippen LogP contribution in [0.5, 0.6) is 5.75 Å². The second-order valence-electron chi connectivity index (χ2n) is 6.21. The molecule has 1 aromatic carbocycles. The Balaban J connectivity index is 1.94. The van der Waals surface area contributed by atoms with Gasteiger partial charge in [0.05, 0.1) is 12.8 Å². The molecule has 128 valence electrons. The SMILES string of the molecule is C#CCCC1(CCC(=O)Nc2cc(CN(C)C)ccc2OC)N=N1. The maximum Gasteiger partial charge on any atom is 0.224 e. The Labute approximate surface area is 143 Å². The zero-order valence-electron chi connectivity index (χ0n) is 14.5. The second-order valence-corrected chi connectivity index (χ2v) is 6.21. The monoisotopic (exact) mass is 328 g/mol. The first-order valence-corrected chi connectivity index (χ1v) is 7.97. The zero-order chi connectivity index (χ0) is 17.6. The van der Waals surface area contributed by atoms with Crippen LogP contribution in [-0.4, -0.2) is 37.7 Å². The summed E-state index contributed by atoms with van der Waals surface area (Å²) in [5, 5.41) is 11.0. The van der Waals surface area contributed by atoms with E-state index in [0.29, 0.717) is 37.1 Å². The number of carbonyl (C=O) groups excluding carboxylic acids is 1. The summed E-state index contributed by atoms with van der Waals surface area (Å²) in [5.74, 6) is 3.16. The fourth-order valence-electron chi connectivity index (χ4n) is 2.51. The van der Waals surface area contributed by atoms with Gasteiger partial charge in [-0.2, -0.15) is 10.2 Å². The third kappa shape index (κ3) is 5.07. The number of methoxy groups -OCH3 is 1. The van der Waals surface area contributed by atoms with E-state index in [9.17, 15) is 4.79 Å². The first kappa shape index (κ1) is 18.0. The van der Waals surface area contributed by atoms with E-state index < -0.39 is 5.66 Å². The predicted octanol–water partition coefficient (Wildman–Crippen LogP) is 3.05. The molecule has 2 rings (SSSR count). The van der Waals surface area contributed by atoms with Gasteiger partial charge in [0.1, 0.15) is 5.75 Å². The molecule has 0 unspecified atom stereocenters. The van der Waals surface area contributed by atoms with Crippen LogP contribution in [0.25, 0.3) is 0 Å². The van der Waals surface area contributed by atoms with Gasteiger partial charge < -0.3 is 15.0 Å². The molecule has 0 spiro atoms. The second kappa shape index (κ2) is 7.93. The summed E-state index contributed by atoms with van der Waals surface area (Å²) in [6, 6.07) is 5.80. The van der Waals surface area contributed by atoms with E-state index in [4.69, 9.17) is 11.2 Å². The van der Waals surface area contributed by atoms with Gasteiger partial charge in [0.25, 0.3) is 0 Å². The van der Waals surface area contributed by atoms with Gasteiger partial charge in [0.2, 0.25) is 5.91 Å². The number of hydrogen-bond acceptors (Lipinski definition) is 5. The van der Waals surface area contributed by atoms with E-state index in [0.717, 1.165) is 12.1 Å². The highest BCUT2D eigenvalue weighted by molar-refractivity contribution is 5.92. The number of carbonyl (C=O) groups is 1. The maximum absolute atomic E-state index is 12.3. The number of nitrogens with one attached hydrogen (secondary N) is 1. The van der Waals surface area contributed by atoms with Gasteiger partial charge in [-0.25, -0.2) is 0 Å². The van der Waals surface area contributed by atoms with Crippen molar-refractivity contribution in [3.8, 4) is 18.1 Å². The molecule has 6 nitrogen and oxygen atoms in total. The van der Waals surface area contributed by atoms with Crippen LogP contribution in [0.2, 0.25) is 0 Å². The lowest BCUT2D eigenvalue weighted by atomic mass is 10.0. The standard InChI is InChI=1S/C18H24N4O2/c1-5-6-10-18(20-21-18)11-9-17(23)19-15-12-14(13-22(2)3)7-8-16(15)24-4/h1,7-8,12H,6,9-11,13H2,2-4H3,(H,19,23). The van der Waals surface area contributed by atoms with Gasteiger partial charge >= 0.3 is 0 Å². The molecule has 0 aromatic heterocycles. The summed E-state index contributed by atoms with van der Waals surface area (Å²) >= 11 is 0. The van der Waals surface area contributed by atoms with Gasteiger partial charge in [-0.05, 0) is 31.8 Å². The molecule has 1 heterocycles. The van der Waals surface area contributed by atoms with Crippen molar-refractivity contribution in [2.45, 2.75) is 37.9 Å². The molecule has 1 aliphatic rings. The fourth-order valence-corrected chi connectivity index (χ4v) is 2.51. The smallest absolute Gasteiger partial charge is 0.224 e. The molecule has 0 aliphatic carbocycles. The number of benzene rings is 1. The predicted molar refractivity (Wildman–Crippen MR) is 93.9 cm³/mol. The number of ether oxygens (including phenoxy) is 1. The summed E-state index contributed by atoms with van der Waals surface area (Å²) in [5.41, 5.74) is 1.36. The number of rotatable bonds is 9. The molecule has 6 heteroatoms. The van der Waals surface area contributed by atoms with Crippen LogP contribution in [0.3, 0.4) is 0 Å². The first-order chi connectivity index (χ1) is 11.5. The molecule has 1 N–H and O–H groups in total. The highest BCUT2D eigenvalue weighted by Gasteiger charge is 2.39. The Kier molecular flexibility index (Phi) is 5.93. The van der Waals surface area contributed by atoms with E-state index >= 15 is 0 Å². The molecule has 0 fully saturated rings. The highest BCUT2D eigenvalue weighted by atomic mass is 16.5. The number of amides is 1. The molecule has 0 atom stereocenters. The van der Waals surface area contributed by atoms with Crippen LogP contribution in [0, 0.1) is 12.3 Å². The molecule has 1 amide bonds. The van der Waals surface area contributed by atoms with Crippen LogP contribution >= 0.6 is 0 Å². The molecule has 0 saturated carbocycles. The zero-order valence-corrected chi connectivity index (χ0v) is 14.5. The van der Waals surface area contributed by atoms with Gasteiger partial charge in [0, 0.05) is 32.2 Å². The number of hydrogen-bond donors (Lipinski definition) is 1. The maximum atomic E-state index is 12.3. The minimum atomic E-state index is -0.430. The topological polar surface area (TPSA) is 66.3 Å². The van der Waals surface area contributed by atoms with Crippen LogP contribution in [0.4, 0.5) is 5.69 Å². The van der Waals surface area contributed by atoms with Crippen LogP contribution < -0.4 is 10.1 Å². The lowest BCUT2D eigenvalue weighted by Gasteiger charge is -2.15. The quantitative estimate of drug-likeness (QED) is 0.709. The molecule has 0 bridgehead atoms. The lowest BCUT2D eigenvalue weighted by Crippen LogP contribution is -2.18. The molecular formula is C18H24N4O2. The summed E-state index contributed by atoms with van der Waals surface area (Å²) in [7, 11) is 5.59. The van der Waals surface area contributed by atoms with Crippen molar-refractivity contribution >= 4 is 11.6 Å². The van der Waals surface area contributed by atoms with Crippen molar-refractivity contribution in [1.29, 1.82) is 0 Å². The Hall–Kier alpha value is -2.39. The van der Waals surface area contributed by atoms with Crippen molar-refractivity contribution in [2.24, 2.45) is 10.2 Å². The van der Waals surface area contributed by atoms with E-state index in [1.165, 1.54) is 0 Å². The van der Waals surface area contributed by atoms with Crippen molar-refractivity contribution < 1.29 is 9.53 Å². The average Bonchev–Trinajstić information content (AvgIpc) is 3.31. The summed E-state index contributed by atoms with van der Waals surface area (Å²) < 4.78 is 5.33. The summed E-state index contributed by atoms with van der Waals surface area (Å²) in [4.78, 5) is 14.3. The Bertz CT molecular complexity index is 655. The number of anilines is 1. The number of terminal acetylenes is 1. The highest BCUT2D eigenvalue weighted by Crippen LogP contribution is 2.37. The van der Waals surface area contributed by atoms with Crippen LogP contribution in [0.1, 0.15) is 31.2 Å². The van der Waals surface area contributed by atoms with Gasteiger partial charge in [-0.15, -0.1) is 12.3 Å². The van der Waals surface area contributed by atoms with E-state index in [-0.39, 0.29) is 5.91 Å². The van der Waals surface area contributed by atoms with Crippen molar-refractivity contribution in [3.05, 3.63) is 23.8 Å². The van der Waals surface area contributed by atoms with Crippen molar-refractivity contribution in [3.63, 3.8) is 0 Å². The van der Waals surface area contributed by atoms with Gasteiger partial charge in [-0.3, -0.25) is 4.79 Å². The third-order valence-electron chi connectivity index (χ3n) is 3.84. The summed E-state index contributed by atoms with van der Waals surface area (Å²) in [6.45, 7) is 0.791. The first-order valence-electron chi connectivity index (χ1n) is 7.97. The lowest BCUT2D eigenvalue weighted by molar-refractivity contribution is -0.116. The molecule has 0 saturated heterocycles.